The van der Waals surface area contributed by atoms with Crippen LogP contribution in [0.25, 0.3) is 0 Å². The van der Waals surface area contributed by atoms with Crippen LogP contribution in [-0.2, 0) is 22.6 Å². The van der Waals surface area contributed by atoms with E-state index < -0.39 is 6.10 Å². The second kappa shape index (κ2) is 12.3. The highest BCUT2D eigenvalue weighted by Crippen LogP contribution is 2.09. The number of aromatic nitrogens is 1. The van der Waals surface area contributed by atoms with Gasteiger partial charge in [0.1, 0.15) is 31.6 Å². The van der Waals surface area contributed by atoms with Crippen molar-refractivity contribution in [3.8, 4) is 12.3 Å². The maximum atomic E-state index is 13.5. The van der Waals surface area contributed by atoms with Crippen molar-refractivity contribution in [2.24, 2.45) is 0 Å². The zero-order valence-electron chi connectivity index (χ0n) is 16.4. The Morgan fingerprint density at radius 1 is 1.32 bits per heavy atom. The van der Waals surface area contributed by atoms with Crippen molar-refractivity contribution < 1.29 is 23.9 Å². The van der Waals surface area contributed by atoms with Crippen LogP contribution in [0, 0.1) is 18.2 Å². The van der Waals surface area contributed by atoms with Gasteiger partial charge in [0, 0.05) is 26.3 Å². The first-order valence-corrected chi connectivity index (χ1v) is 9.52. The van der Waals surface area contributed by atoms with E-state index in [1.807, 2.05) is 18.3 Å². The molecule has 0 spiro atoms. The number of rotatable bonds is 13. The third-order valence-electron chi connectivity index (χ3n) is 4.50. The Labute approximate surface area is 166 Å². The molecule has 0 amide bonds. The van der Waals surface area contributed by atoms with E-state index in [1.54, 1.807) is 19.2 Å². The van der Waals surface area contributed by atoms with Crippen molar-refractivity contribution in [3.63, 3.8) is 0 Å². The maximum absolute atomic E-state index is 13.5. The van der Waals surface area contributed by atoms with Crippen LogP contribution >= 0.6 is 0 Å². The summed E-state index contributed by atoms with van der Waals surface area (Å²) in [4.78, 5) is 1.23. The first kappa shape index (κ1) is 22.1. The average Bonchev–Trinajstić information content (AvgIpc) is 3.08. The molecule has 2 aromatic rings. The second-order valence-corrected chi connectivity index (χ2v) is 6.86. The summed E-state index contributed by atoms with van der Waals surface area (Å²) in [5, 5.41) is 10.3. The Hall–Kier alpha value is -2.17. The fourth-order valence-electron chi connectivity index (χ4n) is 3.23. The molecule has 2 atom stereocenters. The summed E-state index contributed by atoms with van der Waals surface area (Å²) < 4.78 is 26.0. The molecule has 0 fully saturated rings. The summed E-state index contributed by atoms with van der Waals surface area (Å²) in [6.45, 7) is 3.88. The molecule has 1 aromatic carbocycles. The van der Waals surface area contributed by atoms with E-state index >= 15 is 0 Å². The van der Waals surface area contributed by atoms with Crippen LogP contribution in [0.3, 0.4) is 0 Å². The van der Waals surface area contributed by atoms with Crippen LogP contribution < -0.4 is 4.90 Å². The highest BCUT2D eigenvalue weighted by molar-refractivity contribution is 5.18. The molecular formula is C22H30FN2O3+. The van der Waals surface area contributed by atoms with E-state index in [9.17, 15) is 9.50 Å². The molecule has 2 rings (SSSR count). The Bertz CT molecular complexity index is 741. The zero-order valence-corrected chi connectivity index (χ0v) is 16.4. The van der Waals surface area contributed by atoms with Gasteiger partial charge in [-0.25, -0.2) is 4.39 Å². The molecule has 1 heterocycles. The zero-order chi connectivity index (χ0) is 20.2. The van der Waals surface area contributed by atoms with Gasteiger partial charge >= 0.3 is 0 Å². The van der Waals surface area contributed by atoms with Gasteiger partial charge in [0.15, 0.2) is 0 Å². The number of aliphatic hydroxyl groups is 1. The Morgan fingerprint density at radius 2 is 2.18 bits per heavy atom. The number of quaternary nitrogens is 1. The van der Waals surface area contributed by atoms with Crippen molar-refractivity contribution in [3.05, 3.63) is 59.7 Å². The van der Waals surface area contributed by atoms with Crippen molar-refractivity contribution in [2.75, 3.05) is 40.0 Å². The van der Waals surface area contributed by atoms with Crippen molar-refractivity contribution in [1.82, 2.24) is 4.57 Å². The van der Waals surface area contributed by atoms with E-state index in [0.29, 0.717) is 19.7 Å². The number of nitrogens with zero attached hydrogens (tertiary/aromatic N) is 1. The number of benzene rings is 1. The monoisotopic (exact) mass is 389 g/mol. The molecule has 28 heavy (non-hydrogen) atoms. The topological polar surface area (TPSA) is 48.1 Å². The van der Waals surface area contributed by atoms with Gasteiger partial charge < -0.3 is 24.0 Å². The number of nitrogens with one attached hydrogen (secondary N) is 1. The fraction of sp³-hybridized carbons (Fsp3) is 0.455. The molecule has 2 N–H and O–H groups in total. The smallest absolute Gasteiger partial charge is 0.126 e. The lowest BCUT2D eigenvalue weighted by Crippen LogP contribution is -3.12. The van der Waals surface area contributed by atoms with Crippen LogP contribution in [0.1, 0.15) is 17.7 Å². The number of hydrogen-bond acceptors (Lipinski definition) is 3. The highest BCUT2D eigenvalue weighted by atomic mass is 19.1. The molecule has 0 radical (unpaired) electrons. The fourth-order valence-corrected chi connectivity index (χ4v) is 3.23. The highest BCUT2D eigenvalue weighted by Gasteiger charge is 2.17. The summed E-state index contributed by atoms with van der Waals surface area (Å²) in [6, 6.07) is 10.7. The van der Waals surface area contributed by atoms with Crippen LogP contribution in [0.15, 0.2) is 42.6 Å². The lowest BCUT2D eigenvalue weighted by atomic mass is 10.2. The maximum Gasteiger partial charge on any atom is 0.126 e. The third kappa shape index (κ3) is 7.83. The Balaban J connectivity index is 2.00. The average molecular weight is 389 g/mol. The molecule has 0 bridgehead atoms. The number of halogens is 1. The summed E-state index contributed by atoms with van der Waals surface area (Å²) in [7, 11) is 1.69. The molecule has 6 heteroatoms. The van der Waals surface area contributed by atoms with Crippen LogP contribution in [0.2, 0.25) is 0 Å². The van der Waals surface area contributed by atoms with Gasteiger partial charge in [0.05, 0.1) is 25.5 Å². The molecule has 0 saturated carbocycles. The first-order chi connectivity index (χ1) is 13.6. The van der Waals surface area contributed by atoms with E-state index in [0.717, 1.165) is 30.8 Å². The van der Waals surface area contributed by atoms with Crippen LogP contribution in [0.5, 0.6) is 0 Å². The van der Waals surface area contributed by atoms with Gasteiger partial charge in [-0.05, 0) is 29.8 Å². The Kier molecular flexibility index (Phi) is 9.73. The van der Waals surface area contributed by atoms with Crippen LogP contribution in [0.4, 0.5) is 4.39 Å². The van der Waals surface area contributed by atoms with E-state index in [-0.39, 0.29) is 19.0 Å². The standard InChI is InChI=1S/C22H29FN2O3/c1-3-12-28-18-22(26)17-24(10-6-13-27-2)16-21-9-5-11-25(21)15-19-7-4-8-20(23)14-19/h1,4-5,7-9,11,14,22,26H,6,10,12-13,15-18H2,2H3/p+1/t22-/m0/s1. The Morgan fingerprint density at radius 3 is 2.93 bits per heavy atom. The summed E-state index contributed by atoms with van der Waals surface area (Å²) in [5.74, 6) is 2.17. The number of aliphatic hydroxyl groups excluding tert-OH is 1. The second-order valence-electron chi connectivity index (χ2n) is 6.86. The van der Waals surface area contributed by atoms with Crippen molar-refractivity contribution in [1.29, 1.82) is 0 Å². The summed E-state index contributed by atoms with van der Waals surface area (Å²) in [5.41, 5.74) is 2.05. The number of ether oxygens (including phenoxy) is 2. The summed E-state index contributed by atoms with van der Waals surface area (Å²) >= 11 is 0. The van der Waals surface area contributed by atoms with Gasteiger partial charge in [-0.15, -0.1) is 6.42 Å². The predicted molar refractivity (Wildman–Crippen MR) is 106 cm³/mol. The van der Waals surface area contributed by atoms with Crippen molar-refractivity contribution >= 4 is 0 Å². The number of hydrogen-bond donors (Lipinski definition) is 2. The first-order valence-electron chi connectivity index (χ1n) is 9.52. The molecule has 0 aliphatic heterocycles. The summed E-state index contributed by atoms with van der Waals surface area (Å²) in [6.07, 6.45) is 7.49. The number of methoxy groups -OCH3 is 1. The minimum atomic E-state index is -0.586. The molecular weight excluding hydrogens is 359 g/mol. The SMILES string of the molecule is C#CCOC[C@@H](O)C[NH+](CCCOC)Cc1cccn1Cc1cccc(F)c1. The predicted octanol–water partition coefficient (Wildman–Crippen LogP) is 1.11. The largest absolute Gasteiger partial charge is 0.385 e. The van der Waals surface area contributed by atoms with Gasteiger partial charge in [-0.3, -0.25) is 0 Å². The van der Waals surface area contributed by atoms with Gasteiger partial charge in [0.25, 0.3) is 0 Å². The third-order valence-corrected chi connectivity index (χ3v) is 4.50. The quantitative estimate of drug-likeness (QED) is 0.399. The minimum Gasteiger partial charge on any atom is -0.385 e. The molecule has 1 unspecified atom stereocenters. The minimum absolute atomic E-state index is 0.201. The van der Waals surface area contributed by atoms with Crippen LogP contribution in [-0.4, -0.2) is 55.8 Å². The molecule has 0 aliphatic rings. The normalized spacial score (nSPS) is 13.2. The lowest BCUT2D eigenvalue weighted by Gasteiger charge is -2.23. The molecule has 1 aromatic heterocycles. The molecule has 0 saturated heterocycles. The van der Waals surface area contributed by atoms with E-state index in [4.69, 9.17) is 15.9 Å². The van der Waals surface area contributed by atoms with Gasteiger partial charge in [0.2, 0.25) is 0 Å². The molecule has 0 aliphatic carbocycles. The molecule has 152 valence electrons. The van der Waals surface area contributed by atoms with E-state index in [1.165, 1.54) is 11.0 Å². The van der Waals surface area contributed by atoms with Crippen molar-refractivity contribution in [2.45, 2.75) is 25.6 Å². The van der Waals surface area contributed by atoms with E-state index in [2.05, 4.69) is 16.6 Å². The lowest BCUT2D eigenvalue weighted by molar-refractivity contribution is -0.917. The van der Waals surface area contributed by atoms with Gasteiger partial charge in [-0.1, -0.05) is 18.1 Å². The van der Waals surface area contributed by atoms with Gasteiger partial charge in [-0.2, -0.15) is 0 Å². The number of terminal acetylenes is 1. The molecule has 5 nitrogen and oxygen atoms in total.